The first kappa shape index (κ1) is 18.7. The van der Waals surface area contributed by atoms with Gasteiger partial charge in [0, 0.05) is 29.1 Å². The van der Waals surface area contributed by atoms with Crippen LogP contribution in [0.2, 0.25) is 5.02 Å². The number of rotatable bonds is 2. The van der Waals surface area contributed by atoms with E-state index in [9.17, 15) is 4.79 Å². The van der Waals surface area contributed by atoms with Crippen LogP contribution in [0.4, 0.5) is 0 Å². The van der Waals surface area contributed by atoms with Gasteiger partial charge in [-0.25, -0.2) is 0 Å². The van der Waals surface area contributed by atoms with Gasteiger partial charge in [0.05, 0.1) is 11.2 Å². The van der Waals surface area contributed by atoms with Crippen LogP contribution in [0.1, 0.15) is 57.8 Å². The van der Waals surface area contributed by atoms with Gasteiger partial charge in [0.1, 0.15) is 0 Å². The van der Waals surface area contributed by atoms with Gasteiger partial charge in [0.15, 0.2) is 0 Å². The molecule has 6 heteroatoms. The summed E-state index contributed by atoms with van der Waals surface area (Å²) in [7, 11) is -0.564. The Hall–Kier alpha value is -1.04. The first-order chi connectivity index (χ1) is 11.6. The smallest absolute Gasteiger partial charge is 0.399 e. The highest BCUT2D eigenvalue weighted by Crippen LogP contribution is 2.37. The highest BCUT2D eigenvalue weighted by atomic mass is 35.5. The Bertz CT molecular complexity index is 661. The van der Waals surface area contributed by atoms with Gasteiger partial charge in [-0.05, 0) is 64.7 Å². The maximum absolute atomic E-state index is 12.9. The average Bonchev–Trinajstić information content (AvgIpc) is 2.75. The second-order valence-corrected chi connectivity index (χ2v) is 8.73. The Morgan fingerprint density at radius 2 is 1.88 bits per heavy atom. The van der Waals surface area contributed by atoms with E-state index in [1.165, 1.54) is 6.42 Å². The number of likely N-dealkylation sites (tertiary alicyclic amines) is 1. The molecule has 4 nitrogen and oxygen atoms in total. The Morgan fingerprint density at radius 3 is 2.48 bits per heavy atom. The first-order valence-electron chi connectivity index (χ1n) is 9.05. The molecule has 1 atom stereocenters. The summed E-state index contributed by atoms with van der Waals surface area (Å²) in [5.74, 6) is 0.605. The summed E-state index contributed by atoms with van der Waals surface area (Å²) in [6, 6.07) is 5.38. The number of hydrogen-bond acceptors (Lipinski definition) is 3. The van der Waals surface area contributed by atoms with Crippen molar-refractivity contribution >= 4 is 30.1 Å². The van der Waals surface area contributed by atoms with Gasteiger partial charge in [0.2, 0.25) is 0 Å². The summed E-state index contributed by atoms with van der Waals surface area (Å²) < 4.78 is 12.2. The Morgan fingerprint density at radius 1 is 1.24 bits per heavy atom. The van der Waals surface area contributed by atoms with E-state index in [1.54, 1.807) is 12.1 Å². The predicted octanol–water partition coefficient (Wildman–Crippen LogP) is 3.51. The Balaban J connectivity index is 1.85. The fourth-order valence-corrected chi connectivity index (χ4v) is 3.59. The molecule has 0 aliphatic carbocycles. The van der Waals surface area contributed by atoms with E-state index in [0.717, 1.165) is 25.0 Å². The SMILES string of the molecule is CC1CCCN(C(=O)c2ccc(Cl)c(B3OC(C)(C)C(C)(C)O3)c2)C1. The summed E-state index contributed by atoms with van der Waals surface area (Å²) in [4.78, 5) is 14.8. The standard InChI is InChI=1S/C19H27BClNO3/c1-13-7-6-10-22(12-13)17(23)14-8-9-16(21)15(11-14)20-24-18(2,3)19(4,5)25-20/h8-9,11,13H,6-7,10,12H2,1-5H3. The highest BCUT2D eigenvalue weighted by molar-refractivity contribution is 6.65. The fourth-order valence-electron chi connectivity index (χ4n) is 3.38. The number of nitrogens with zero attached hydrogens (tertiary/aromatic N) is 1. The molecule has 3 rings (SSSR count). The molecule has 2 fully saturated rings. The number of piperidine rings is 1. The van der Waals surface area contributed by atoms with Crippen molar-refractivity contribution in [2.75, 3.05) is 13.1 Å². The predicted molar refractivity (Wildman–Crippen MR) is 101 cm³/mol. The lowest BCUT2D eigenvalue weighted by Gasteiger charge is -2.32. The molecule has 0 bridgehead atoms. The average molecular weight is 364 g/mol. The quantitative estimate of drug-likeness (QED) is 0.755. The lowest BCUT2D eigenvalue weighted by molar-refractivity contribution is 0.00578. The molecule has 1 aromatic rings. The van der Waals surface area contributed by atoms with E-state index in [-0.39, 0.29) is 5.91 Å². The monoisotopic (exact) mass is 363 g/mol. The minimum Gasteiger partial charge on any atom is -0.399 e. The van der Waals surface area contributed by atoms with Gasteiger partial charge in [-0.1, -0.05) is 18.5 Å². The van der Waals surface area contributed by atoms with Gasteiger partial charge in [-0.15, -0.1) is 0 Å². The molecule has 2 heterocycles. The third-order valence-corrected chi connectivity index (χ3v) is 6.04. The van der Waals surface area contributed by atoms with Crippen molar-refractivity contribution < 1.29 is 14.1 Å². The molecular weight excluding hydrogens is 336 g/mol. The van der Waals surface area contributed by atoms with E-state index in [1.807, 2.05) is 38.7 Å². The summed E-state index contributed by atoms with van der Waals surface area (Å²) in [5.41, 5.74) is 0.478. The topological polar surface area (TPSA) is 38.8 Å². The fraction of sp³-hybridized carbons (Fsp3) is 0.632. The number of halogens is 1. The normalized spacial score (nSPS) is 25.3. The molecule has 0 N–H and O–H groups in total. The van der Waals surface area contributed by atoms with Crippen LogP contribution in [-0.2, 0) is 9.31 Å². The number of benzene rings is 1. The molecule has 0 radical (unpaired) electrons. The molecule has 1 unspecified atom stereocenters. The van der Waals surface area contributed by atoms with Crippen molar-refractivity contribution in [3.63, 3.8) is 0 Å². The van der Waals surface area contributed by atoms with Crippen LogP contribution in [0.25, 0.3) is 0 Å². The van der Waals surface area contributed by atoms with E-state index in [0.29, 0.717) is 16.5 Å². The largest absolute Gasteiger partial charge is 0.496 e. The molecule has 25 heavy (non-hydrogen) atoms. The van der Waals surface area contributed by atoms with E-state index in [4.69, 9.17) is 20.9 Å². The molecule has 2 aliphatic rings. The minimum absolute atomic E-state index is 0.0565. The third-order valence-electron chi connectivity index (χ3n) is 5.69. The van der Waals surface area contributed by atoms with Crippen LogP contribution < -0.4 is 5.46 Å². The van der Waals surface area contributed by atoms with Crippen molar-refractivity contribution in [2.24, 2.45) is 5.92 Å². The second kappa shape index (κ2) is 6.60. The number of amides is 1. The van der Waals surface area contributed by atoms with Gasteiger partial charge >= 0.3 is 7.12 Å². The van der Waals surface area contributed by atoms with Crippen LogP contribution in [0.15, 0.2) is 18.2 Å². The van der Waals surface area contributed by atoms with Crippen molar-refractivity contribution in [1.29, 1.82) is 0 Å². The summed E-state index contributed by atoms with van der Waals surface area (Å²) >= 11 is 6.39. The van der Waals surface area contributed by atoms with E-state index < -0.39 is 18.3 Å². The number of hydrogen-bond donors (Lipinski definition) is 0. The number of carbonyl (C=O) groups is 1. The number of carbonyl (C=O) groups excluding carboxylic acids is 1. The Kier molecular flexibility index (Phi) is 4.95. The highest BCUT2D eigenvalue weighted by Gasteiger charge is 2.52. The van der Waals surface area contributed by atoms with Gasteiger partial charge in [0.25, 0.3) is 5.91 Å². The lowest BCUT2D eigenvalue weighted by atomic mass is 9.78. The van der Waals surface area contributed by atoms with Crippen molar-refractivity contribution in [3.05, 3.63) is 28.8 Å². The van der Waals surface area contributed by atoms with Crippen LogP contribution >= 0.6 is 11.6 Å². The molecule has 0 aromatic heterocycles. The molecule has 1 amide bonds. The van der Waals surface area contributed by atoms with Gasteiger partial charge < -0.3 is 14.2 Å². The second-order valence-electron chi connectivity index (χ2n) is 8.32. The zero-order valence-corrected chi connectivity index (χ0v) is 16.5. The molecule has 2 aliphatic heterocycles. The summed E-state index contributed by atoms with van der Waals surface area (Å²) in [6.45, 7) is 11.8. The molecule has 0 spiro atoms. The van der Waals surface area contributed by atoms with E-state index >= 15 is 0 Å². The van der Waals surface area contributed by atoms with Crippen LogP contribution in [0, 0.1) is 5.92 Å². The molecule has 2 saturated heterocycles. The molecule has 1 aromatic carbocycles. The maximum atomic E-state index is 12.9. The molecular formula is C19H27BClNO3. The molecule has 136 valence electrons. The van der Waals surface area contributed by atoms with Crippen LogP contribution in [0.5, 0.6) is 0 Å². The van der Waals surface area contributed by atoms with E-state index in [2.05, 4.69) is 6.92 Å². The Labute approximate surface area is 156 Å². The zero-order chi connectivity index (χ0) is 18.4. The third kappa shape index (κ3) is 3.60. The first-order valence-corrected chi connectivity index (χ1v) is 9.43. The van der Waals surface area contributed by atoms with Crippen LogP contribution in [0.3, 0.4) is 0 Å². The maximum Gasteiger partial charge on any atom is 0.496 e. The van der Waals surface area contributed by atoms with Gasteiger partial charge in [-0.3, -0.25) is 4.79 Å². The van der Waals surface area contributed by atoms with Crippen molar-refractivity contribution in [2.45, 2.75) is 58.7 Å². The summed E-state index contributed by atoms with van der Waals surface area (Å²) in [6.07, 6.45) is 2.24. The minimum atomic E-state index is -0.564. The molecule has 0 saturated carbocycles. The van der Waals surface area contributed by atoms with Crippen LogP contribution in [-0.4, -0.2) is 42.2 Å². The summed E-state index contributed by atoms with van der Waals surface area (Å²) in [5, 5.41) is 0.557. The van der Waals surface area contributed by atoms with Crippen molar-refractivity contribution in [3.8, 4) is 0 Å². The van der Waals surface area contributed by atoms with Gasteiger partial charge in [-0.2, -0.15) is 0 Å². The lowest BCUT2D eigenvalue weighted by Crippen LogP contribution is -2.41. The van der Waals surface area contributed by atoms with Crippen molar-refractivity contribution in [1.82, 2.24) is 4.90 Å². The zero-order valence-electron chi connectivity index (χ0n) is 15.8.